The molecule has 1 unspecified atom stereocenters. The number of methoxy groups -OCH3 is 2. The summed E-state index contributed by atoms with van der Waals surface area (Å²) in [6, 6.07) is 4.30. The molecule has 1 atom stereocenters. The van der Waals surface area contributed by atoms with Crippen LogP contribution in [0.25, 0.3) is 6.08 Å². The van der Waals surface area contributed by atoms with Gasteiger partial charge in [-0.25, -0.2) is 9.59 Å². The third-order valence-corrected chi connectivity index (χ3v) is 2.94. The monoisotopic (exact) mass is 336 g/mol. The lowest BCUT2D eigenvalue weighted by Gasteiger charge is -2.16. The van der Waals surface area contributed by atoms with Crippen molar-refractivity contribution in [2.24, 2.45) is 0 Å². The van der Waals surface area contributed by atoms with Gasteiger partial charge in [-0.05, 0) is 30.7 Å². The number of carbonyl (C=O) groups is 3. The molecule has 1 aromatic rings. The van der Waals surface area contributed by atoms with E-state index in [1.807, 2.05) is 0 Å². The van der Waals surface area contributed by atoms with E-state index in [0.717, 1.165) is 0 Å². The molecule has 0 saturated carbocycles. The minimum atomic E-state index is -0.910. The quantitative estimate of drug-likeness (QED) is 0.596. The Balaban J connectivity index is 2.85. The zero-order valence-corrected chi connectivity index (χ0v) is 13.9. The summed E-state index contributed by atoms with van der Waals surface area (Å²) in [5.74, 6) is -0.367. The van der Waals surface area contributed by atoms with Gasteiger partial charge in [0.2, 0.25) is 0 Å². The predicted molar refractivity (Wildman–Crippen MR) is 86.7 cm³/mol. The predicted octanol–water partition coefficient (Wildman–Crippen LogP) is 1.10. The summed E-state index contributed by atoms with van der Waals surface area (Å²) in [7, 11) is 4.14. The fourth-order valence-corrected chi connectivity index (χ4v) is 1.64. The van der Waals surface area contributed by atoms with Crippen LogP contribution in [-0.4, -0.2) is 45.3 Å². The van der Waals surface area contributed by atoms with Crippen LogP contribution >= 0.6 is 0 Å². The average Bonchev–Trinajstić information content (AvgIpc) is 2.59. The summed E-state index contributed by atoms with van der Waals surface area (Å²) in [6.07, 6.45) is 1.92. The third-order valence-electron chi connectivity index (χ3n) is 2.94. The van der Waals surface area contributed by atoms with Crippen LogP contribution in [0, 0.1) is 0 Å². The fourth-order valence-electron chi connectivity index (χ4n) is 1.64. The van der Waals surface area contributed by atoms with E-state index in [4.69, 9.17) is 9.47 Å². The molecular formula is C16H20N2O6. The number of esters is 1. The van der Waals surface area contributed by atoms with Gasteiger partial charge in [-0.1, -0.05) is 6.07 Å². The fraction of sp³-hybridized carbons (Fsp3) is 0.312. The molecule has 3 amide bonds. The van der Waals surface area contributed by atoms with Crippen molar-refractivity contribution in [1.82, 2.24) is 10.6 Å². The Morgan fingerprint density at radius 1 is 1.17 bits per heavy atom. The van der Waals surface area contributed by atoms with E-state index in [0.29, 0.717) is 17.1 Å². The van der Waals surface area contributed by atoms with E-state index in [1.165, 1.54) is 34.3 Å². The van der Waals surface area contributed by atoms with Gasteiger partial charge < -0.3 is 19.5 Å². The largest absolute Gasteiger partial charge is 0.493 e. The topological polar surface area (TPSA) is 103 Å². The van der Waals surface area contributed by atoms with Gasteiger partial charge in [-0.2, -0.15) is 0 Å². The van der Waals surface area contributed by atoms with Crippen molar-refractivity contribution in [3.8, 4) is 11.5 Å². The SMILES string of the molecule is CNC(=O)NC(=O)C(C)Oc1ccc(/C=C/C(=O)OC)cc1OC. The number of hydrogen-bond acceptors (Lipinski definition) is 6. The number of nitrogens with one attached hydrogen (secondary N) is 2. The molecule has 0 heterocycles. The highest BCUT2D eigenvalue weighted by Crippen LogP contribution is 2.29. The number of imide groups is 1. The Morgan fingerprint density at radius 3 is 2.46 bits per heavy atom. The molecular weight excluding hydrogens is 316 g/mol. The number of urea groups is 1. The molecule has 1 aromatic carbocycles. The number of rotatable bonds is 6. The molecule has 0 aliphatic carbocycles. The maximum absolute atomic E-state index is 11.8. The average molecular weight is 336 g/mol. The summed E-state index contributed by atoms with van der Waals surface area (Å²) in [6.45, 7) is 1.50. The lowest BCUT2D eigenvalue weighted by molar-refractivity contribution is -0.134. The van der Waals surface area contributed by atoms with Crippen molar-refractivity contribution in [3.05, 3.63) is 29.8 Å². The van der Waals surface area contributed by atoms with Crippen molar-refractivity contribution < 1.29 is 28.6 Å². The van der Waals surface area contributed by atoms with E-state index in [9.17, 15) is 14.4 Å². The first kappa shape index (κ1) is 19.0. The molecule has 0 aromatic heterocycles. The van der Waals surface area contributed by atoms with Crippen LogP contribution in [0.3, 0.4) is 0 Å². The lowest BCUT2D eigenvalue weighted by Crippen LogP contribution is -2.43. The molecule has 0 radical (unpaired) electrons. The third kappa shape index (κ3) is 5.64. The molecule has 0 bridgehead atoms. The van der Waals surface area contributed by atoms with E-state index in [-0.39, 0.29) is 0 Å². The summed E-state index contributed by atoms with van der Waals surface area (Å²) < 4.78 is 15.2. The van der Waals surface area contributed by atoms with Gasteiger partial charge in [0.25, 0.3) is 5.91 Å². The molecule has 8 nitrogen and oxygen atoms in total. The van der Waals surface area contributed by atoms with Crippen LogP contribution in [-0.2, 0) is 14.3 Å². The zero-order chi connectivity index (χ0) is 18.1. The van der Waals surface area contributed by atoms with Gasteiger partial charge in [0.15, 0.2) is 17.6 Å². The van der Waals surface area contributed by atoms with Crippen LogP contribution in [0.5, 0.6) is 11.5 Å². The first-order valence-electron chi connectivity index (χ1n) is 7.04. The maximum Gasteiger partial charge on any atom is 0.330 e. The second-order valence-electron chi connectivity index (χ2n) is 4.60. The highest BCUT2D eigenvalue weighted by molar-refractivity contribution is 5.96. The van der Waals surface area contributed by atoms with Crippen LogP contribution in [0.15, 0.2) is 24.3 Å². The Hall–Kier alpha value is -3.03. The second-order valence-corrected chi connectivity index (χ2v) is 4.60. The molecule has 0 aliphatic rings. The summed E-state index contributed by atoms with van der Waals surface area (Å²) in [5.41, 5.74) is 0.687. The first-order chi connectivity index (χ1) is 11.4. The minimum absolute atomic E-state index is 0.326. The zero-order valence-electron chi connectivity index (χ0n) is 13.9. The van der Waals surface area contributed by atoms with Crippen molar-refractivity contribution in [3.63, 3.8) is 0 Å². The van der Waals surface area contributed by atoms with Crippen LogP contribution in [0.2, 0.25) is 0 Å². The molecule has 0 aliphatic heterocycles. The van der Waals surface area contributed by atoms with Crippen LogP contribution in [0.4, 0.5) is 4.79 Å². The van der Waals surface area contributed by atoms with Gasteiger partial charge in [0.1, 0.15) is 0 Å². The number of ether oxygens (including phenoxy) is 3. The first-order valence-corrected chi connectivity index (χ1v) is 7.04. The molecule has 0 saturated heterocycles. The van der Waals surface area contributed by atoms with Gasteiger partial charge in [-0.15, -0.1) is 0 Å². The second kappa shape index (κ2) is 9.19. The van der Waals surface area contributed by atoms with Gasteiger partial charge in [-0.3, -0.25) is 10.1 Å². The van der Waals surface area contributed by atoms with Crippen molar-refractivity contribution in [2.45, 2.75) is 13.0 Å². The Bertz CT molecular complexity index is 641. The molecule has 1 rings (SSSR count). The molecule has 0 fully saturated rings. The molecule has 130 valence electrons. The Kier molecular flexibility index (Phi) is 7.28. The van der Waals surface area contributed by atoms with E-state index in [2.05, 4.69) is 15.4 Å². The van der Waals surface area contributed by atoms with Gasteiger partial charge >= 0.3 is 12.0 Å². The van der Waals surface area contributed by atoms with Crippen LogP contribution in [0.1, 0.15) is 12.5 Å². The molecule has 2 N–H and O–H groups in total. The molecule has 24 heavy (non-hydrogen) atoms. The molecule has 8 heteroatoms. The van der Waals surface area contributed by atoms with Crippen molar-refractivity contribution in [1.29, 1.82) is 0 Å². The Morgan fingerprint density at radius 2 is 1.88 bits per heavy atom. The van der Waals surface area contributed by atoms with Crippen molar-refractivity contribution in [2.75, 3.05) is 21.3 Å². The van der Waals surface area contributed by atoms with E-state index < -0.39 is 24.0 Å². The number of hydrogen-bond donors (Lipinski definition) is 2. The summed E-state index contributed by atoms with van der Waals surface area (Å²) in [5, 5.41) is 4.40. The summed E-state index contributed by atoms with van der Waals surface area (Å²) in [4.78, 5) is 34.0. The smallest absolute Gasteiger partial charge is 0.330 e. The van der Waals surface area contributed by atoms with E-state index >= 15 is 0 Å². The number of carbonyl (C=O) groups excluding carboxylic acids is 3. The highest BCUT2D eigenvalue weighted by atomic mass is 16.5. The minimum Gasteiger partial charge on any atom is -0.493 e. The van der Waals surface area contributed by atoms with E-state index in [1.54, 1.807) is 24.3 Å². The highest BCUT2D eigenvalue weighted by Gasteiger charge is 2.18. The van der Waals surface area contributed by atoms with Crippen LogP contribution < -0.4 is 20.1 Å². The standard InChI is InChI=1S/C16H20N2O6/c1-10(15(20)18-16(21)17-2)24-12-7-5-11(9-13(12)22-3)6-8-14(19)23-4/h5-10H,1-4H3,(H2,17,18,20,21)/b8-6+. The maximum atomic E-state index is 11.8. The summed E-state index contributed by atoms with van der Waals surface area (Å²) >= 11 is 0. The normalized spacial score (nSPS) is 11.5. The number of amides is 3. The lowest BCUT2D eigenvalue weighted by atomic mass is 10.2. The van der Waals surface area contributed by atoms with Gasteiger partial charge in [0, 0.05) is 13.1 Å². The molecule has 0 spiro atoms. The Labute approximate surface area is 139 Å². The number of benzene rings is 1. The van der Waals surface area contributed by atoms with Gasteiger partial charge in [0.05, 0.1) is 14.2 Å². The van der Waals surface area contributed by atoms with Crippen molar-refractivity contribution >= 4 is 24.0 Å².